The lowest BCUT2D eigenvalue weighted by Crippen LogP contribution is -2.12. The Bertz CT molecular complexity index is 594. The van der Waals surface area contributed by atoms with E-state index in [1.807, 2.05) is 20.8 Å². The zero-order chi connectivity index (χ0) is 13.7. The van der Waals surface area contributed by atoms with Crippen LogP contribution in [-0.4, -0.2) is 9.97 Å². The van der Waals surface area contributed by atoms with Crippen LogP contribution in [0.25, 0.3) is 11.0 Å². The zero-order valence-corrected chi connectivity index (χ0v) is 10.9. The summed E-state index contributed by atoms with van der Waals surface area (Å²) >= 11 is 5.64. The highest BCUT2D eigenvalue weighted by molar-refractivity contribution is 6.32. The third-order valence-corrected chi connectivity index (χ3v) is 2.90. The van der Waals surface area contributed by atoms with Crippen molar-refractivity contribution < 1.29 is 13.2 Å². The van der Waals surface area contributed by atoms with Crippen molar-refractivity contribution in [2.75, 3.05) is 0 Å². The maximum Gasteiger partial charge on any atom is 0.417 e. The van der Waals surface area contributed by atoms with E-state index in [0.717, 1.165) is 6.07 Å². The highest BCUT2D eigenvalue weighted by atomic mass is 35.5. The van der Waals surface area contributed by atoms with Gasteiger partial charge in [0.05, 0.1) is 21.6 Å². The lowest BCUT2D eigenvalue weighted by atomic mass is 9.96. The molecule has 1 N–H and O–H groups in total. The first-order valence-corrected chi connectivity index (χ1v) is 5.74. The Morgan fingerprint density at radius 1 is 1.17 bits per heavy atom. The first-order chi connectivity index (χ1) is 8.09. The molecule has 0 unspecified atom stereocenters. The molecule has 0 amide bonds. The monoisotopic (exact) mass is 276 g/mol. The van der Waals surface area contributed by atoms with Crippen LogP contribution in [-0.2, 0) is 11.6 Å². The average Bonchev–Trinajstić information content (AvgIpc) is 2.56. The molecule has 2 aromatic rings. The second-order valence-electron chi connectivity index (χ2n) is 5.18. The average molecular weight is 277 g/mol. The second kappa shape index (κ2) is 3.88. The number of halogens is 4. The number of hydrogen-bond acceptors (Lipinski definition) is 1. The summed E-state index contributed by atoms with van der Waals surface area (Å²) in [4.78, 5) is 7.17. The molecular weight excluding hydrogens is 265 g/mol. The second-order valence-corrected chi connectivity index (χ2v) is 5.59. The van der Waals surface area contributed by atoms with Crippen LogP contribution < -0.4 is 0 Å². The zero-order valence-electron chi connectivity index (χ0n) is 10.1. The van der Waals surface area contributed by atoms with Gasteiger partial charge in [-0.2, -0.15) is 13.2 Å². The van der Waals surface area contributed by atoms with Gasteiger partial charge in [-0.05, 0) is 12.1 Å². The number of imidazole rings is 1. The van der Waals surface area contributed by atoms with Crippen molar-refractivity contribution in [2.45, 2.75) is 32.4 Å². The third kappa shape index (κ3) is 2.32. The van der Waals surface area contributed by atoms with E-state index < -0.39 is 11.7 Å². The van der Waals surface area contributed by atoms with Crippen LogP contribution in [0.1, 0.15) is 32.2 Å². The van der Waals surface area contributed by atoms with Gasteiger partial charge < -0.3 is 4.98 Å². The van der Waals surface area contributed by atoms with Gasteiger partial charge in [0.1, 0.15) is 5.82 Å². The molecule has 0 aliphatic carbocycles. The molecule has 0 radical (unpaired) electrons. The Balaban J connectivity index is 2.65. The first-order valence-electron chi connectivity index (χ1n) is 5.36. The Labute approximate surface area is 107 Å². The summed E-state index contributed by atoms with van der Waals surface area (Å²) in [6.07, 6.45) is -4.46. The van der Waals surface area contributed by atoms with Crippen molar-refractivity contribution in [3.63, 3.8) is 0 Å². The van der Waals surface area contributed by atoms with Crippen molar-refractivity contribution in [3.8, 4) is 0 Å². The van der Waals surface area contributed by atoms with Crippen LogP contribution in [0.4, 0.5) is 13.2 Å². The predicted octanol–water partition coefficient (Wildman–Crippen LogP) is 4.53. The number of fused-ring (bicyclic) bond motifs is 1. The molecule has 18 heavy (non-hydrogen) atoms. The molecule has 2 nitrogen and oxygen atoms in total. The minimum atomic E-state index is -4.46. The molecule has 1 aromatic carbocycles. The van der Waals surface area contributed by atoms with Gasteiger partial charge in [-0.3, -0.25) is 0 Å². The minimum absolute atomic E-state index is 0.260. The van der Waals surface area contributed by atoms with Gasteiger partial charge in [-0.15, -0.1) is 0 Å². The molecule has 0 saturated carbocycles. The summed E-state index contributed by atoms with van der Waals surface area (Å²) in [6.45, 7) is 5.78. The Hall–Kier alpha value is -1.23. The van der Waals surface area contributed by atoms with Gasteiger partial charge in [0.25, 0.3) is 0 Å². The fraction of sp³-hybridized carbons (Fsp3) is 0.417. The molecule has 98 valence electrons. The minimum Gasteiger partial charge on any atom is -0.342 e. The number of rotatable bonds is 0. The van der Waals surface area contributed by atoms with E-state index in [9.17, 15) is 13.2 Å². The summed E-state index contributed by atoms with van der Waals surface area (Å²) in [5.41, 5.74) is -0.320. The topological polar surface area (TPSA) is 28.7 Å². The number of hydrogen-bond donors (Lipinski definition) is 1. The molecule has 6 heteroatoms. The quantitative estimate of drug-likeness (QED) is 0.752. The molecule has 0 aliphatic heterocycles. The van der Waals surface area contributed by atoms with E-state index in [2.05, 4.69) is 9.97 Å². The predicted molar refractivity (Wildman–Crippen MR) is 64.8 cm³/mol. The van der Waals surface area contributed by atoms with Crippen molar-refractivity contribution in [2.24, 2.45) is 0 Å². The van der Waals surface area contributed by atoms with E-state index in [0.29, 0.717) is 16.9 Å². The Morgan fingerprint density at radius 2 is 1.78 bits per heavy atom. The van der Waals surface area contributed by atoms with Crippen LogP contribution >= 0.6 is 11.6 Å². The van der Waals surface area contributed by atoms with Crippen LogP contribution in [0.2, 0.25) is 5.02 Å². The van der Waals surface area contributed by atoms with Gasteiger partial charge in [-0.1, -0.05) is 32.4 Å². The number of aromatic nitrogens is 2. The Morgan fingerprint density at radius 3 is 2.28 bits per heavy atom. The number of nitrogens with zero attached hydrogens (tertiary/aromatic N) is 1. The van der Waals surface area contributed by atoms with Crippen LogP contribution in [0, 0.1) is 0 Å². The summed E-state index contributed by atoms with van der Waals surface area (Å²) in [7, 11) is 0. The summed E-state index contributed by atoms with van der Waals surface area (Å²) in [6, 6.07) is 2.24. The van der Waals surface area contributed by atoms with Crippen molar-refractivity contribution in [1.82, 2.24) is 9.97 Å². The number of alkyl halides is 3. The summed E-state index contributed by atoms with van der Waals surface area (Å²) < 4.78 is 38.1. The van der Waals surface area contributed by atoms with E-state index in [4.69, 9.17) is 11.6 Å². The maximum atomic E-state index is 12.7. The van der Waals surface area contributed by atoms with E-state index in [1.165, 1.54) is 6.07 Å². The largest absolute Gasteiger partial charge is 0.417 e. The van der Waals surface area contributed by atoms with E-state index in [1.54, 1.807) is 0 Å². The molecule has 0 bridgehead atoms. The Kier molecular flexibility index (Phi) is 2.85. The molecular formula is C12H12ClF3N2. The molecule has 1 aromatic heterocycles. The number of benzene rings is 1. The normalized spacial score (nSPS) is 13.3. The first kappa shape index (κ1) is 13.2. The van der Waals surface area contributed by atoms with Gasteiger partial charge in [0.2, 0.25) is 0 Å². The highest BCUT2D eigenvalue weighted by Crippen LogP contribution is 2.37. The van der Waals surface area contributed by atoms with Crippen LogP contribution in [0.15, 0.2) is 12.1 Å². The fourth-order valence-corrected chi connectivity index (χ4v) is 1.87. The van der Waals surface area contributed by atoms with Crippen molar-refractivity contribution in [3.05, 3.63) is 28.5 Å². The molecule has 0 saturated heterocycles. The lowest BCUT2D eigenvalue weighted by molar-refractivity contribution is -0.137. The standard InChI is InChI=1S/C12H12ClF3N2/c1-11(2,3)10-17-8-4-6(12(14,15)16)7(13)5-9(8)18-10/h4-5H,1-3H3,(H,17,18). The summed E-state index contributed by atoms with van der Waals surface area (Å²) in [5.74, 6) is 0.632. The lowest BCUT2D eigenvalue weighted by Gasteiger charge is -2.13. The highest BCUT2D eigenvalue weighted by Gasteiger charge is 2.34. The molecule has 2 rings (SSSR count). The smallest absolute Gasteiger partial charge is 0.342 e. The van der Waals surface area contributed by atoms with E-state index >= 15 is 0 Å². The van der Waals surface area contributed by atoms with Crippen LogP contribution in [0.5, 0.6) is 0 Å². The molecule has 1 heterocycles. The fourth-order valence-electron chi connectivity index (χ4n) is 1.60. The van der Waals surface area contributed by atoms with Gasteiger partial charge >= 0.3 is 6.18 Å². The van der Waals surface area contributed by atoms with Gasteiger partial charge in [0.15, 0.2) is 0 Å². The van der Waals surface area contributed by atoms with Crippen molar-refractivity contribution >= 4 is 22.6 Å². The maximum absolute atomic E-state index is 12.7. The van der Waals surface area contributed by atoms with E-state index in [-0.39, 0.29) is 10.4 Å². The van der Waals surface area contributed by atoms with Gasteiger partial charge in [-0.25, -0.2) is 4.98 Å². The van der Waals surface area contributed by atoms with Gasteiger partial charge in [0, 0.05) is 5.41 Å². The third-order valence-electron chi connectivity index (χ3n) is 2.59. The molecule has 0 fully saturated rings. The van der Waals surface area contributed by atoms with Crippen LogP contribution in [0.3, 0.4) is 0 Å². The molecule has 0 spiro atoms. The summed E-state index contributed by atoms with van der Waals surface area (Å²) in [5, 5.41) is -0.332. The molecule has 0 atom stereocenters. The SMILES string of the molecule is CC(C)(C)c1nc2cc(Cl)c(C(F)(F)F)cc2[nH]1. The number of nitrogens with one attached hydrogen (secondary N) is 1. The number of H-pyrrole nitrogens is 1. The number of aromatic amines is 1. The molecule has 0 aliphatic rings. The van der Waals surface area contributed by atoms with Crippen molar-refractivity contribution in [1.29, 1.82) is 0 Å².